The van der Waals surface area contributed by atoms with Crippen LogP contribution in [0.3, 0.4) is 0 Å². The highest BCUT2D eigenvalue weighted by Gasteiger charge is 2.25. The SMILES string of the molecule is C=CC(=O)Nc1cn(C)nc1Nc1ccc2[nH]c(C(=O)c3c(Cl)c(OC)cc(OC)c3Cl)cc2n1. The number of halogens is 2. The maximum atomic E-state index is 13.3. The number of nitrogens with zero attached hydrogens (tertiary/aromatic N) is 3. The number of hydrogen-bond donors (Lipinski definition) is 3. The molecule has 35 heavy (non-hydrogen) atoms. The first-order valence-corrected chi connectivity index (χ1v) is 10.9. The molecule has 1 amide bonds. The van der Waals surface area contributed by atoms with Crippen LogP contribution in [0.4, 0.5) is 17.3 Å². The molecule has 3 heterocycles. The number of aromatic nitrogens is 4. The summed E-state index contributed by atoms with van der Waals surface area (Å²) in [7, 11) is 4.58. The van der Waals surface area contributed by atoms with E-state index in [0.29, 0.717) is 28.4 Å². The number of fused-ring (bicyclic) bond motifs is 1. The highest BCUT2D eigenvalue weighted by molar-refractivity contribution is 6.42. The van der Waals surface area contributed by atoms with Crippen molar-refractivity contribution >= 4 is 63.2 Å². The molecule has 0 unspecified atom stereocenters. The number of amides is 1. The van der Waals surface area contributed by atoms with Gasteiger partial charge in [-0.05, 0) is 24.3 Å². The zero-order valence-electron chi connectivity index (χ0n) is 18.9. The number of benzene rings is 1. The number of ketones is 1. The van der Waals surface area contributed by atoms with E-state index in [1.165, 1.54) is 20.3 Å². The van der Waals surface area contributed by atoms with Crippen LogP contribution in [0.5, 0.6) is 11.5 Å². The summed E-state index contributed by atoms with van der Waals surface area (Å²) < 4.78 is 12.0. The number of nitrogens with one attached hydrogen (secondary N) is 3. The fourth-order valence-electron chi connectivity index (χ4n) is 3.40. The lowest BCUT2D eigenvalue weighted by atomic mass is 10.1. The molecule has 4 rings (SSSR count). The van der Waals surface area contributed by atoms with Crippen molar-refractivity contribution in [3.63, 3.8) is 0 Å². The van der Waals surface area contributed by atoms with Crippen LogP contribution in [0.2, 0.25) is 10.0 Å². The number of rotatable bonds is 8. The Morgan fingerprint density at radius 1 is 1.14 bits per heavy atom. The van der Waals surface area contributed by atoms with Crippen molar-refractivity contribution in [3.05, 3.63) is 64.4 Å². The third kappa shape index (κ3) is 4.66. The molecule has 12 heteroatoms. The highest BCUT2D eigenvalue weighted by Crippen LogP contribution is 2.41. The van der Waals surface area contributed by atoms with Crippen molar-refractivity contribution in [2.24, 2.45) is 7.05 Å². The fraction of sp³-hybridized carbons (Fsp3) is 0.130. The van der Waals surface area contributed by atoms with Crippen molar-refractivity contribution in [3.8, 4) is 11.5 Å². The molecule has 4 aromatic rings. The number of methoxy groups -OCH3 is 2. The van der Waals surface area contributed by atoms with Gasteiger partial charge in [-0.2, -0.15) is 5.10 Å². The lowest BCUT2D eigenvalue weighted by Crippen LogP contribution is -2.08. The number of aryl methyl sites for hydroxylation is 1. The van der Waals surface area contributed by atoms with E-state index in [1.54, 1.807) is 36.1 Å². The van der Waals surface area contributed by atoms with Crippen LogP contribution in [0.1, 0.15) is 16.1 Å². The molecule has 0 saturated heterocycles. The van der Waals surface area contributed by atoms with Gasteiger partial charge in [0.05, 0.1) is 52.8 Å². The number of H-pyrrole nitrogens is 1. The van der Waals surface area contributed by atoms with Gasteiger partial charge in [-0.15, -0.1) is 0 Å². The first-order valence-electron chi connectivity index (χ1n) is 10.1. The standard InChI is InChI=1S/C23H20Cl2N6O4/c1-5-18(32)28-14-10-31(2)30-23(14)29-17-7-6-11-12(27-17)8-13(26-11)22(33)19-20(24)15(34-3)9-16(35-4)21(19)25/h5-10,26H,1H2,2-4H3,(H,28,32)(H,27,29,30). The first kappa shape index (κ1) is 24.1. The summed E-state index contributed by atoms with van der Waals surface area (Å²) in [6.07, 6.45) is 2.81. The van der Waals surface area contributed by atoms with E-state index in [4.69, 9.17) is 32.7 Å². The van der Waals surface area contributed by atoms with E-state index < -0.39 is 5.78 Å². The Morgan fingerprint density at radius 2 is 1.83 bits per heavy atom. The van der Waals surface area contributed by atoms with Gasteiger partial charge in [-0.1, -0.05) is 29.8 Å². The minimum Gasteiger partial charge on any atom is -0.495 e. The fourth-order valence-corrected chi connectivity index (χ4v) is 4.07. The summed E-state index contributed by atoms with van der Waals surface area (Å²) in [5.41, 5.74) is 1.85. The Labute approximate surface area is 209 Å². The predicted octanol–water partition coefficient (Wildman–Crippen LogP) is 4.72. The summed E-state index contributed by atoms with van der Waals surface area (Å²) in [6, 6.07) is 6.55. The van der Waals surface area contributed by atoms with E-state index in [-0.39, 0.29) is 38.7 Å². The minimum atomic E-state index is -0.455. The van der Waals surface area contributed by atoms with Crippen LogP contribution >= 0.6 is 23.2 Å². The summed E-state index contributed by atoms with van der Waals surface area (Å²) >= 11 is 12.8. The Kier molecular flexibility index (Phi) is 6.68. The van der Waals surface area contributed by atoms with Gasteiger partial charge >= 0.3 is 0 Å². The molecule has 0 aliphatic carbocycles. The van der Waals surface area contributed by atoms with E-state index in [0.717, 1.165) is 6.08 Å². The lowest BCUT2D eigenvalue weighted by Gasteiger charge is -2.13. The number of carbonyl (C=O) groups excluding carboxylic acids is 2. The molecular weight excluding hydrogens is 495 g/mol. The topological polar surface area (TPSA) is 123 Å². The van der Waals surface area contributed by atoms with Crippen molar-refractivity contribution in [1.82, 2.24) is 19.7 Å². The molecule has 0 aliphatic rings. The normalized spacial score (nSPS) is 10.8. The molecule has 0 aliphatic heterocycles. The molecule has 180 valence electrons. The Balaban J connectivity index is 1.68. The number of hydrogen-bond acceptors (Lipinski definition) is 7. The predicted molar refractivity (Wildman–Crippen MR) is 134 cm³/mol. The van der Waals surface area contributed by atoms with Crippen LogP contribution in [0, 0.1) is 0 Å². The van der Waals surface area contributed by atoms with E-state index in [1.807, 2.05) is 0 Å². The molecule has 3 N–H and O–H groups in total. The van der Waals surface area contributed by atoms with Crippen molar-refractivity contribution in [1.29, 1.82) is 0 Å². The van der Waals surface area contributed by atoms with Gasteiger partial charge in [-0.25, -0.2) is 4.98 Å². The molecule has 10 nitrogen and oxygen atoms in total. The van der Waals surface area contributed by atoms with Crippen LogP contribution < -0.4 is 20.1 Å². The Morgan fingerprint density at radius 3 is 2.46 bits per heavy atom. The minimum absolute atomic E-state index is 0.0468. The van der Waals surface area contributed by atoms with E-state index >= 15 is 0 Å². The molecule has 1 aromatic carbocycles. The molecule has 0 fully saturated rings. The van der Waals surface area contributed by atoms with Gasteiger partial charge in [0.2, 0.25) is 11.7 Å². The second-order valence-corrected chi connectivity index (χ2v) is 8.06. The molecule has 0 bridgehead atoms. The molecular formula is C23H20Cl2N6O4. The number of anilines is 3. The second-order valence-electron chi connectivity index (χ2n) is 7.31. The maximum Gasteiger partial charge on any atom is 0.247 e. The van der Waals surface area contributed by atoms with Gasteiger partial charge in [-0.3, -0.25) is 14.3 Å². The Hall–Kier alpha value is -4.02. The molecule has 0 radical (unpaired) electrons. The van der Waals surface area contributed by atoms with Crippen LogP contribution in [-0.4, -0.2) is 45.7 Å². The zero-order chi connectivity index (χ0) is 25.3. The Bertz CT molecular complexity index is 1450. The molecule has 0 atom stereocenters. The zero-order valence-corrected chi connectivity index (χ0v) is 20.4. The summed E-state index contributed by atoms with van der Waals surface area (Å²) in [6.45, 7) is 3.45. The summed E-state index contributed by atoms with van der Waals surface area (Å²) in [5, 5.41) is 10.2. The highest BCUT2D eigenvalue weighted by atomic mass is 35.5. The summed E-state index contributed by atoms with van der Waals surface area (Å²) in [4.78, 5) is 32.6. The van der Waals surface area contributed by atoms with Crippen LogP contribution in [0.15, 0.2) is 43.1 Å². The number of aromatic amines is 1. The van der Waals surface area contributed by atoms with Crippen molar-refractivity contribution < 1.29 is 19.1 Å². The summed E-state index contributed by atoms with van der Waals surface area (Å²) in [5.74, 6) is 0.526. The third-order valence-electron chi connectivity index (χ3n) is 5.04. The lowest BCUT2D eigenvalue weighted by molar-refractivity contribution is -0.111. The van der Waals surface area contributed by atoms with Gasteiger partial charge in [0.15, 0.2) is 5.82 Å². The van der Waals surface area contributed by atoms with E-state index in [2.05, 4.69) is 32.3 Å². The maximum absolute atomic E-state index is 13.3. The largest absolute Gasteiger partial charge is 0.495 e. The van der Waals surface area contributed by atoms with Gasteiger partial charge < -0.3 is 25.1 Å². The van der Waals surface area contributed by atoms with Crippen LogP contribution in [0.25, 0.3) is 11.0 Å². The average molecular weight is 515 g/mol. The third-order valence-corrected chi connectivity index (χ3v) is 5.79. The number of pyridine rings is 1. The van der Waals surface area contributed by atoms with Gasteiger partial charge in [0.1, 0.15) is 23.0 Å². The molecule has 3 aromatic heterocycles. The monoisotopic (exact) mass is 514 g/mol. The average Bonchev–Trinajstić information content (AvgIpc) is 3.41. The van der Waals surface area contributed by atoms with Crippen LogP contribution in [-0.2, 0) is 11.8 Å². The van der Waals surface area contributed by atoms with E-state index in [9.17, 15) is 9.59 Å². The quantitative estimate of drug-likeness (QED) is 0.229. The van der Waals surface area contributed by atoms with Gasteiger partial charge in [0, 0.05) is 13.1 Å². The van der Waals surface area contributed by atoms with Crippen molar-refractivity contribution in [2.75, 3.05) is 24.9 Å². The van der Waals surface area contributed by atoms with Gasteiger partial charge in [0.25, 0.3) is 0 Å². The molecule has 0 spiro atoms. The smallest absolute Gasteiger partial charge is 0.247 e. The second kappa shape index (κ2) is 9.69. The van der Waals surface area contributed by atoms with Crippen molar-refractivity contribution in [2.45, 2.75) is 0 Å². The number of ether oxygens (including phenoxy) is 2. The number of carbonyl (C=O) groups is 2. The first-order chi connectivity index (χ1) is 16.7. The molecule has 0 saturated carbocycles.